The first-order chi connectivity index (χ1) is 10.7. The fraction of sp³-hybridized carbons (Fsp3) is 0.588. The Morgan fingerprint density at radius 3 is 2.77 bits per heavy atom. The number of nitrogens with one attached hydrogen (secondary N) is 2. The second-order valence-electron chi connectivity index (χ2n) is 5.73. The molecule has 122 valence electrons. The van der Waals surface area contributed by atoms with Crippen molar-refractivity contribution in [3.8, 4) is 0 Å². The van der Waals surface area contributed by atoms with Crippen LogP contribution in [-0.2, 0) is 9.53 Å². The number of aryl methyl sites for hydroxylation is 1. The fourth-order valence-corrected chi connectivity index (χ4v) is 2.52. The van der Waals surface area contributed by atoms with E-state index in [1.807, 2.05) is 6.07 Å². The molecule has 22 heavy (non-hydrogen) atoms. The number of hydrogen-bond donors (Lipinski definition) is 2. The average molecular weight is 305 g/mol. The number of carbonyl (C=O) groups excluding carboxylic acids is 1. The van der Waals surface area contributed by atoms with Gasteiger partial charge in [-0.1, -0.05) is 12.1 Å². The van der Waals surface area contributed by atoms with Gasteiger partial charge >= 0.3 is 0 Å². The highest BCUT2D eigenvalue weighted by Gasteiger charge is 2.10. The molecule has 5 heteroatoms. The van der Waals surface area contributed by atoms with Gasteiger partial charge in [-0.3, -0.25) is 9.69 Å². The molecular formula is C17H27N3O2. The minimum absolute atomic E-state index is 0.103. The van der Waals surface area contributed by atoms with Crippen molar-refractivity contribution < 1.29 is 9.53 Å². The lowest BCUT2D eigenvalue weighted by molar-refractivity contribution is -0.120. The summed E-state index contributed by atoms with van der Waals surface area (Å²) in [6, 6.07) is 6.19. The quantitative estimate of drug-likeness (QED) is 0.802. The maximum atomic E-state index is 11.8. The Bertz CT molecular complexity index is 485. The molecular weight excluding hydrogens is 278 g/mol. The third-order valence-corrected chi connectivity index (χ3v) is 4.13. The lowest BCUT2D eigenvalue weighted by Gasteiger charge is -2.26. The Kier molecular flexibility index (Phi) is 6.68. The molecule has 0 atom stereocenters. The molecule has 1 amide bonds. The summed E-state index contributed by atoms with van der Waals surface area (Å²) in [6.45, 7) is 9.99. The van der Waals surface area contributed by atoms with Crippen LogP contribution in [0.5, 0.6) is 0 Å². The number of ether oxygens (including phenoxy) is 1. The molecule has 1 saturated heterocycles. The Morgan fingerprint density at radius 1 is 1.23 bits per heavy atom. The van der Waals surface area contributed by atoms with Gasteiger partial charge in [-0.05, 0) is 31.0 Å². The zero-order chi connectivity index (χ0) is 15.8. The molecule has 0 saturated carbocycles. The highest BCUT2D eigenvalue weighted by atomic mass is 16.5. The van der Waals surface area contributed by atoms with E-state index in [1.165, 1.54) is 11.1 Å². The number of hydrogen-bond acceptors (Lipinski definition) is 4. The molecule has 0 bridgehead atoms. The van der Waals surface area contributed by atoms with Gasteiger partial charge in [0.05, 0.1) is 13.2 Å². The van der Waals surface area contributed by atoms with Crippen LogP contribution in [0.15, 0.2) is 18.2 Å². The third kappa shape index (κ3) is 5.31. The van der Waals surface area contributed by atoms with E-state index in [0.717, 1.165) is 38.5 Å². The van der Waals surface area contributed by atoms with Gasteiger partial charge in [-0.2, -0.15) is 0 Å². The van der Waals surface area contributed by atoms with Crippen LogP contribution in [0.1, 0.15) is 17.5 Å². The van der Waals surface area contributed by atoms with E-state index in [2.05, 4.69) is 41.5 Å². The van der Waals surface area contributed by atoms with Crippen LogP contribution in [0.3, 0.4) is 0 Å². The standard InChI is InChI=1S/C17H27N3O2/c1-14-4-3-5-16(15(14)2)18-7-6-17(21)19-8-9-20-10-12-22-13-11-20/h3-5,18H,6-13H2,1-2H3,(H,19,21). The molecule has 1 aromatic carbocycles. The molecule has 5 nitrogen and oxygen atoms in total. The van der Waals surface area contributed by atoms with Crippen molar-refractivity contribution >= 4 is 11.6 Å². The summed E-state index contributed by atoms with van der Waals surface area (Å²) in [7, 11) is 0. The van der Waals surface area contributed by atoms with E-state index in [1.54, 1.807) is 0 Å². The van der Waals surface area contributed by atoms with Gasteiger partial charge < -0.3 is 15.4 Å². The monoisotopic (exact) mass is 305 g/mol. The van der Waals surface area contributed by atoms with E-state index in [9.17, 15) is 4.79 Å². The van der Waals surface area contributed by atoms with E-state index in [4.69, 9.17) is 4.74 Å². The number of carbonyl (C=O) groups is 1. The van der Waals surface area contributed by atoms with Crippen molar-refractivity contribution in [3.63, 3.8) is 0 Å². The van der Waals surface area contributed by atoms with Crippen molar-refractivity contribution in [3.05, 3.63) is 29.3 Å². The molecule has 0 spiro atoms. The van der Waals surface area contributed by atoms with E-state index >= 15 is 0 Å². The molecule has 2 rings (SSSR count). The SMILES string of the molecule is Cc1cccc(NCCC(=O)NCCN2CCOCC2)c1C. The van der Waals surface area contributed by atoms with E-state index in [0.29, 0.717) is 19.5 Å². The van der Waals surface area contributed by atoms with Gasteiger partial charge in [0, 0.05) is 44.8 Å². The van der Waals surface area contributed by atoms with Crippen LogP contribution in [0.4, 0.5) is 5.69 Å². The summed E-state index contributed by atoms with van der Waals surface area (Å²) < 4.78 is 5.30. The summed E-state index contributed by atoms with van der Waals surface area (Å²) in [5.41, 5.74) is 3.62. The van der Waals surface area contributed by atoms with Gasteiger partial charge in [0.25, 0.3) is 0 Å². The minimum Gasteiger partial charge on any atom is -0.384 e. The summed E-state index contributed by atoms with van der Waals surface area (Å²) >= 11 is 0. The lowest BCUT2D eigenvalue weighted by Crippen LogP contribution is -2.41. The summed E-state index contributed by atoms with van der Waals surface area (Å²) in [6.07, 6.45) is 0.497. The predicted octanol–water partition coefficient (Wildman–Crippen LogP) is 1.55. The molecule has 1 aromatic rings. The first-order valence-corrected chi connectivity index (χ1v) is 8.03. The first kappa shape index (κ1) is 16.8. The van der Waals surface area contributed by atoms with Crippen molar-refractivity contribution in [1.29, 1.82) is 0 Å². The Labute approximate surface area is 133 Å². The first-order valence-electron chi connectivity index (χ1n) is 8.03. The number of anilines is 1. The molecule has 2 N–H and O–H groups in total. The van der Waals surface area contributed by atoms with Crippen LogP contribution in [0.25, 0.3) is 0 Å². The molecule has 1 fully saturated rings. The number of benzene rings is 1. The predicted molar refractivity (Wildman–Crippen MR) is 89.3 cm³/mol. The van der Waals surface area contributed by atoms with Crippen LogP contribution in [-0.4, -0.2) is 56.7 Å². The van der Waals surface area contributed by atoms with Crippen LogP contribution in [0.2, 0.25) is 0 Å². The largest absolute Gasteiger partial charge is 0.384 e. The second kappa shape index (κ2) is 8.76. The summed E-state index contributed by atoms with van der Waals surface area (Å²) in [4.78, 5) is 14.2. The van der Waals surface area contributed by atoms with Gasteiger partial charge in [0.2, 0.25) is 5.91 Å². The molecule has 1 aliphatic rings. The van der Waals surface area contributed by atoms with Crippen molar-refractivity contribution in [2.24, 2.45) is 0 Å². The number of rotatable bonds is 7. The van der Waals surface area contributed by atoms with E-state index in [-0.39, 0.29) is 5.91 Å². The highest BCUT2D eigenvalue weighted by molar-refractivity contribution is 5.76. The van der Waals surface area contributed by atoms with Crippen LogP contribution < -0.4 is 10.6 Å². The highest BCUT2D eigenvalue weighted by Crippen LogP contribution is 2.17. The van der Waals surface area contributed by atoms with Gasteiger partial charge in [0.15, 0.2) is 0 Å². The Hall–Kier alpha value is -1.59. The molecule has 0 unspecified atom stereocenters. The molecule has 1 heterocycles. The molecule has 1 aliphatic heterocycles. The Morgan fingerprint density at radius 2 is 2.00 bits per heavy atom. The molecule has 0 radical (unpaired) electrons. The zero-order valence-corrected chi connectivity index (χ0v) is 13.7. The van der Waals surface area contributed by atoms with Crippen molar-refractivity contribution in [2.75, 3.05) is 51.3 Å². The fourth-order valence-electron chi connectivity index (χ4n) is 2.52. The minimum atomic E-state index is 0.103. The molecule has 0 aromatic heterocycles. The van der Waals surface area contributed by atoms with Gasteiger partial charge in [0.1, 0.15) is 0 Å². The van der Waals surface area contributed by atoms with Crippen molar-refractivity contribution in [2.45, 2.75) is 20.3 Å². The maximum Gasteiger partial charge on any atom is 0.221 e. The van der Waals surface area contributed by atoms with Crippen molar-refractivity contribution in [1.82, 2.24) is 10.2 Å². The third-order valence-electron chi connectivity index (χ3n) is 4.13. The number of morpholine rings is 1. The average Bonchev–Trinajstić information content (AvgIpc) is 2.52. The van der Waals surface area contributed by atoms with E-state index < -0.39 is 0 Å². The second-order valence-corrected chi connectivity index (χ2v) is 5.73. The smallest absolute Gasteiger partial charge is 0.221 e. The Balaban J connectivity index is 1.60. The molecule has 0 aliphatic carbocycles. The van der Waals surface area contributed by atoms with Gasteiger partial charge in [-0.25, -0.2) is 0 Å². The summed E-state index contributed by atoms with van der Waals surface area (Å²) in [5.74, 6) is 0.103. The topological polar surface area (TPSA) is 53.6 Å². The van der Waals surface area contributed by atoms with Crippen LogP contribution in [0, 0.1) is 13.8 Å². The normalized spacial score (nSPS) is 15.5. The lowest BCUT2D eigenvalue weighted by atomic mass is 10.1. The summed E-state index contributed by atoms with van der Waals surface area (Å²) in [5, 5.41) is 6.32. The number of nitrogens with zero attached hydrogens (tertiary/aromatic N) is 1. The van der Waals surface area contributed by atoms with Gasteiger partial charge in [-0.15, -0.1) is 0 Å². The number of amides is 1. The zero-order valence-electron chi connectivity index (χ0n) is 13.7. The maximum absolute atomic E-state index is 11.8. The van der Waals surface area contributed by atoms with Crippen LogP contribution >= 0.6 is 0 Å².